The summed E-state index contributed by atoms with van der Waals surface area (Å²) in [5.41, 5.74) is -0.512. The normalized spacial score (nSPS) is 26.9. The molecule has 0 saturated heterocycles. The van der Waals surface area contributed by atoms with E-state index in [9.17, 15) is 9.50 Å². The van der Waals surface area contributed by atoms with Gasteiger partial charge in [-0.2, -0.15) is 0 Å². The average Bonchev–Trinajstić information content (AvgIpc) is 2.47. The van der Waals surface area contributed by atoms with Crippen LogP contribution < -0.4 is 0 Å². The van der Waals surface area contributed by atoms with Gasteiger partial charge in [-0.15, -0.1) is 0 Å². The fourth-order valence-corrected chi connectivity index (χ4v) is 3.56. The second-order valence-corrected chi connectivity index (χ2v) is 5.88. The monoisotopic (exact) mass is 264 g/mol. The third kappa shape index (κ3) is 2.84. The summed E-state index contributed by atoms with van der Waals surface area (Å²) in [6.07, 6.45) is 6.15. The maximum absolute atomic E-state index is 14.0. The van der Waals surface area contributed by atoms with E-state index < -0.39 is 5.60 Å². The van der Waals surface area contributed by atoms with Crippen molar-refractivity contribution in [2.24, 2.45) is 11.8 Å². The lowest BCUT2D eigenvalue weighted by atomic mass is 9.69. The van der Waals surface area contributed by atoms with Crippen LogP contribution >= 0.6 is 0 Å². The number of benzene rings is 1. The topological polar surface area (TPSA) is 20.2 Å². The first-order chi connectivity index (χ1) is 9.11. The molecule has 0 bridgehead atoms. The van der Waals surface area contributed by atoms with Gasteiger partial charge in [-0.3, -0.25) is 0 Å². The molecule has 0 aromatic heterocycles. The number of hydrogen-bond acceptors (Lipinski definition) is 1. The van der Waals surface area contributed by atoms with Gasteiger partial charge < -0.3 is 5.11 Å². The highest BCUT2D eigenvalue weighted by atomic mass is 19.1. The van der Waals surface area contributed by atoms with E-state index in [-0.39, 0.29) is 11.7 Å². The van der Waals surface area contributed by atoms with E-state index in [4.69, 9.17) is 0 Å². The third-order valence-corrected chi connectivity index (χ3v) is 4.98. The maximum atomic E-state index is 14.0. The van der Waals surface area contributed by atoms with E-state index in [0.717, 1.165) is 31.6 Å². The summed E-state index contributed by atoms with van der Waals surface area (Å²) in [6.45, 7) is 4.19. The van der Waals surface area contributed by atoms with Crippen LogP contribution in [-0.4, -0.2) is 5.11 Å². The lowest BCUT2D eigenvalue weighted by Crippen LogP contribution is -2.37. The van der Waals surface area contributed by atoms with Crippen LogP contribution in [-0.2, 0) is 5.60 Å². The molecular formula is C17H25FO. The zero-order valence-electron chi connectivity index (χ0n) is 12.0. The molecule has 0 heterocycles. The van der Waals surface area contributed by atoms with E-state index in [1.165, 1.54) is 12.5 Å². The zero-order chi connectivity index (χ0) is 13.9. The molecule has 1 aliphatic rings. The second-order valence-electron chi connectivity index (χ2n) is 5.88. The van der Waals surface area contributed by atoms with Crippen LogP contribution in [0.3, 0.4) is 0 Å². The lowest BCUT2D eigenvalue weighted by molar-refractivity contribution is -0.0500. The van der Waals surface area contributed by atoms with Crippen molar-refractivity contribution in [3.63, 3.8) is 0 Å². The van der Waals surface area contributed by atoms with Crippen molar-refractivity contribution >= 4 is 0 Å². The zero-order valence-corrected chi connectivity index (χ0v) is 12.0. The van der Waals surface area contributed by atoms with Crippen molar-refractivity contribution in [2.45, 2.75) is 58.0 Å². The smallest absolute Gasteiger partial charge is 0.129 e. The number of halogens is 1. The minimum atomic E-state index is -0.996. The molecule has 1 atom stereocenters. The molecule has 1 aromatic rings. The van der Waals surface area contributed by atoms with Crippen LogP contribution in [0.4, 0.5) is 4.39 Å². The second kappa shape index (κ2) is 6.04. The van der Waals surface area contributed by atoms with Crippen LogP contribution in [0.1, 0.15) is 57.9 Å². The summed E-state index contributed by atoms with van der Waals surface area (Å²) >= 11 is 0. The Morgan fingerprint density at radius 1 is 1.16 bits per heavy atom. The molecule has 1 aliphatic carbocycles. The Kier molecular flexibility index (Phi) is 4.62. The molecule has 19 heavy (non-hydrogen) atoms. The number of hydrogen-bond donors (Lipinski definition) is 1. The van der Waals surface area contributed by atoms with Gasteiger partial charge in [0, 0.05) is 5.56 Å². The molecule has 0 amide bonds. The highest BCUT2D eigenvalue weighted by molar-refractivity contribution is 5.25. The minimum Gasteiger partial charge on any atom is -0.385 e. The van der Waals surface area contributed by atoms with E-state index in [1.54, 1.807) is 12.1 Å². The van der Waals surface area contributed by atoms with Crippen molar-refractivity contribution < 1.29 is 9.50 Å². The summed E-state index contributed by atoms with van der Waals surface area (Å²) < 4.78 is 14.0. The molecule has 1 fully saturated rings. The van der Waals surface area contributed by atoms with Gasteiger partial charge in [0.15, 0.2) is 0 Å². The maximum Gasteiger partial charge on any atom is 0.129 e. The van der Waals surface area contributed by atoms with Gasteiger partial charge in [0.2, 0.25) is 0 Å². The van der Waals surface area contributed by atoms with Gasteiger partial charge in [0.05, 0.1) is 5.60 Å². The van der Waals surface area contributed by atoms with Gasteiger partial charge in [-0.25, -0.2) is 4.39 Å². The van der Waals surface area contributed by atoms with E-state index in [1.807, 2.05) is 13.0 Å². The van der Waals surface area contributed by atoms with Gasteiger partial charge in [-0.1, -0.05) is 51.3 Å². The van der Waals surface area contributed by atoms with Gasteiger partial charge in [0.25, 0.3) is 0 Å². The van der Waals surface area contributed by atoms with Crippen LogP contribution in [0.15, 0.2) is 24.3 Å². The molecule has 0 radical (unpaired) electrons. The summed E-state index contributed by atoms with van der Waals surface area (Å²) in [7, 11) is 0. The first-order valence-corrected chi connectivity index (χ1v) is 7.59. The highest BCUT2D eigenvalue weighted by Crippen LogP contribution is 2.44. The Hall–Kier alpha value is -0.890. The van der Waals surface area contributed by atoms with Gasteiger partial charge in [0.1, 0.15) is 5.82 Å². The fourth-order valence-electron chi connectivity index (χ4n) is 3.56. The van der Waals surface area contributed by atoms with Gasteiger partial charge in [-0.05, 0) is 37.2 Å². The predicted octanol–water partition coefficient (Wildman–Crippen LogP) is 4.64. The Labute approximate surface area is 115 Å². The van der Waals surface area contributed by atoms with Crippen molar-refractivity contribution in [3.05, 3.63) is 35.6 Å². The summed E-state index contributed by atoms with van der Waals surface area (Å²) in [5, 5.41) is 11.0. The molecule has 1 aromatic carbocycles. The Bertz CT molecular complexity index is 409. The van der Waals surface area contributed by atoms with Crippen LogP contribution in [0.2, 0.25) is 0 Å². The molecule has 0 aliphatic heterocycles. The minimum absolute atomic E-state index is 0.192. The van der Waals surface area contributed by atoms with Crippen LogP contribution in [0.5, 0.6) is 0 Å². The number of aliphatic hydroxyl groups is 1. The lowest BCUT2D eigenvalue weighted by Gasteiger charge is -2.40. The molecule has 1 saturated carbocycles. The summed E-state index contributed by atoms with van der Waals surface area (Å²) in [4.78, 5) is 0. The highest BCUT2D eigenvalue weighted by Gasteiger charge is 2.40. The Balaban J connectivity index is 2.21. The molecule has 0 spiro atoms. The molecule has 1 nitrogen and oxygen atoms in total. The predicted molar refractivity (Wildman–Crippen MR) is 76.3 cm³/mol. The molecule has 1 N–H and O–H groups in total. The van der Waals surface area contributed by atoms with Gasteiger partial charge >= 0.3 is 0 Å². The van der Waals surface area contributed by atoms with Crippen molar-refractivity contribution in [1.82, 2.24) is 0 Å². The Morgan fingerprint density at radius 3 is 2.32 bits per heavy atom. The third-order valence-electron chi connectivity index (χ3n) is 4.98. The summed E-state index contributed by atoms with van der Waals surface area (Å²) in [6, 6.07) is 6.69. The molecule has 2 rings (SSSR count). The van der Waals surface area contributed by atoms with Crippen molar-refractivity contribution in [3.8, 4) is 0 Å². The van der Waals surface area contributed by atoms with E-state index in [2.05, 4.69) is 6.92 Å². The van der Waals surface area contributed by atoms with Crippen LogP contribution in [0.25, 0.3) is 0 Å². The van der Waals surface area contributed by atoms with E-state index >= 15 is 0 Å². The largest absolute Gasteiger partial charge is 0.385 e. The fraction of sp³-hybridized carbons (Fsp3) is 0.647. The van der Waals surface area contributed by atoms with Crippen molar-refractivity contribution in [2.75, 3.05) is 0 Å². The molecule has 106 valence electrons. The van der Waals surface area contributed by atoms with Crippen molar-refractivity contribution in [1.29, 1.82) is 0 Å². The molecule has 2 heteroatoms. The average molecular weight is 264 g/mol. The molecule has 1 unspecified atom stereocenters. The van der Waals surface area contributed by atoms with Crippen LogP contribution in [0, 0.1) is 17.7 Å². The first kappa shape index (κ1) is 14.5. The quantitative estimate of drug-likeness (QED) is 0.840. The number of rotatable bonds is 4. The Morgan fingerprint density at radius 2 is 1.79 bits per heavy atom. The van der Waals surface area contributed by atoms with E-state index in [0.29, 0.717) is 12.0 Å². The standard InChI is InChI=1S/C17H25FO/c1-3-13-9-11-14(12-10-13)17(19,4-2)15-7-5-6-8-16(15)18/h5-8,13-14,19H,3-4,9-12H2,1-2H3. The molecular weight excluding hydrogens is 239 g/mol. The SMILES string of the molecule is CCC1CCC(C(O)(CC)c2ccccc2F)CC1. The summed E-state index contributed by atoms with van der Waals surface area (Å²) in [5.74, 6) is 0.708. The first-order valence-electron chi connectivity index (χ1n) is 7.59.